The van der Waals surface area contributed by atoms with E-state index in [-0.39, 0.29) is 18.1 Å². The Balaban J connectivity index is 1.49. The minimum Gasteiger partial charge on any atom is -0.495 e. The van der Waals surface area contributed by atoms with Crippen molar-refractivity contribution in [2.45, 2.75) is 31.4 Å². The number of aromatic nitrogens is 1. The molecule has 1 amide bonds. The highest BCUT2D eigenvalue weighted by Gasteiger charge is 2.38. The minimum atomic E-state index is -0.0740. The average Bonchev–Trinajstić information content (AvgIpc) is 3.41. The molecule has 166 valence electrons. The molecule has 5 heteroatoms. The zero-order valence-electron chi connectivity index (χ0n) is 18.7. The molecule has 0 aliphatic carbocycles. The number of carbonyl (C=O) groups excluding carboxylic acids is 1. The highest BCUT2D eigenvalue weighted by Crippen LogP contribution is 2.38. The fraction of sp³-hybridized carbons (Fsp3) is 0.286. The second-order valence-electron chi connectivity index (χ2n) is 8.32. The third-order valence-electron chi connectivity index (χ3n) is 6.35. The standard InChI is InChI=1S/C28H26N2O3/c1-32-25-14-12-22(19-21(25)11-13-23-8-4-5-16-29-23)28(31)30-17-15-20-7-2-3-9-24(20)27(30)26-10-6-18-33-26/h2-5,7-9,12,14,16,19,26-27H,6,10,15,17-18H2,1H3/t26?,27-/m0/s1. The molecular formula is C28H26N2O3. The van der Waals surface area contributed by atoms with Crippen LogP contribution in [-0.2, 0) is 11.2 Å². The molecule has 1 saturated heterocycles. The molecule has 1 unspecified atom stereocenters. The van der Waals surface area contributed by atoms with Crippen molar-refractivity contribution in [3.63, 3.8) is 0 Å². The highest BCUT2D eigenvalue weighted by molar-refractivity contribution is 5.95. The largest absolute Gasteiger partial charge is 0.495 e. The van der Waals surface area contributed by atoms with E-state index in [9.17, 15) is 4.79 Å². The van der Waals surface area contributed by atoms with E-state index in [1.54, 1.807) is 13.3 Å². The number of pyridine rings is 1. The van der Waals surface area contributed by atoms with Gasteiger partial charge >= 0.3 is 0 Å². The van der Waals surface area contributed by atoms with Crippen molar-refractivity contribution in [2.24, 2.45) is 0 Å². The fourth-order valence-corrected chi connectivity index (χ4v) is 4.75. The first-order chi connectivity index (χ1) is 16.2. The van der Waals surface area contributed by atoms with Crippen molar-refractivity contribution in [1.29, 1.82) is 0 Å². The average molecular weight is 439 g/mol. The van der Waals surface area contributed by atoms with Gasteiger partial charge in [0, 0.05) is 24.9 Å². The van der Waals surface area contributed by atoms with Crippen molar-refractivity contribution in [2.75, 3.05) is 20.3 Å². The predicted molar refractivity (Wildman–Crippen MR) is 126 cm³/mol. The Bertz CT molecular complexity index is 1210. The molecule has 3 heterocycles. The van der Waals surface area contributed by atoms with Crippen LogP contribution in [0.4, 0.5) is 0 Å². The van der Waals surface area contributed by atoms with Gasteiger partial charge in [-0.25, -0.2) is 4.98 Å². The zero-order valence-corrected chi connectivity index (χ0v) is 18.7. The Morgan fingerprint density at radius 1 is 1.12 bits per heavy atom. The molecule has 2 aromatic carbocycles. The van der Waals surface area contributed by atoms with Crippen LogP contribution in [0.5, 0.6) is 5.75 Å². The molecule has 1 fully saturated rings. The van der Waals surface area contributed by atoms with E-state index < -0.39 is 0 Å². The van der Waals surface area contributed by atoms with Gasteiger partial charge in [0.1, 0.15) is 11.4 Å². The van der Waals surface area contributed by atoms with Crippen LogP contribution in [0.2, 0.25) is 0 Å². The van der Waals surface area contributed by atoms with Gasteiger partial charge in [-0.05, 0) is 66.6 Å². The third-order valence-corrected chi connectivity index (χ3v) is 6.35. The van der Waals surface area contributed by atoms with Crippen LogP contribution in [0.1, 0.15) is 51.6 Å². The van der Waals surface area contributed by atoms with Gasteiger partial charge in [-0.15, -0.1) is 0 Å². The second-order valence-corrected chi connectivity index (χ2v) is 8.32. The van der Waals surface area contributed by atoms with Crippen LogP contribution in [-0.4, -0.2) is 42.2 Å². The van der Waals surface area contributed by atoms with Gasteiger partial charge < -0.3 is 14.4 Å². The number of methoxy groups -OCH3 is 1. The maximum Gasteiger partial charge on any atom is 0.254 e. The first-order valence-electron chi connectivity index (χ1n) is 11.4. The van der Waals surface area contributed by atoms with Gasteiger partial charge in [-0.2, -0.15) is 0 Å². The van der Waals surface area contributed by atoms with Crippen molar-refractivity contribution >= 4 is 5.91 Å². The van der Waals surface area contributed by atoms with Gasteiger partial charge in [0.05, 0.1) is 24.8 Å². The molecule has 5 nitrogen and oxygen atoms in total. The van der Waals surface area contributed by atoms with Gasteiger partial charge in [0.15, 0.2) is 0 Å². The predicted octanol–water partition coefficient (Wildman–Crippen LogP) is 4.41. The van der Waals surface area contributed by atoms with Crippen LogP contribution < -0.4 is 4.74 Å². The molecule has 1 aromatic heterocycles. The van der Waals surface area contributed by atoms with Crippen LogP contribution in [0.3, 0.4) is 0 Å². The van der Waals surface area contributed by atoms with Crippen LogP contribution in [0.15, 0.2) is 66.9 Å². The minimum absolute atomic E-state index is 0.00598. The lowest BCUT2D eigenvalue weighted by Gasteiger charge is -2.40. The van der Waals surface area contributed by atoms with E-state index in [0.717, 1.165) is 25.9 Å². The van der Waals surface area contributed by atoms with Crippen molar-refractivity contribution < 1.29 is 14.3 Å². The molecule has 33 heavy (non-hydrogen) atoms. The monoisotopic (exact) mass is 438 g/mol. The Morgan fingerprint density at radius 3 is 2.79 bits per heavy atom. The summed E-state index contributed by atoms with van der Waals surface area (Å²) in [6, 6.07) is 19.4. The molecule has 0 saturated carbocycles. The smallest absolute Gasteiger partial charge is 0.254 e. The van der Waals surface area contributed by atoms with Crippen molar-refractivity contribution in [3.05, 3.63) is 94.8 Å². The molecule has 0 N–H and O–H groups in total. The lowest BCUT2D eigenvalue weighted by molar-refractivity contribution is 0.0165. The number of amides is 1. The van der Waals surface area contributed by atoms with E-state index in [1.165, 1.54) is 11.1 Å². The number of ether oxygens (including phenoxy) is 2. The van der Waals surface area contributed by atoms with Crippen LogP contribution in [0.25, 0.3) is 0 Å². The topological polar surface area (TPSA) is 51.7 Å². The summed E-state index contributed by atoms with van der Waals surface area (Å²) in [6.07, 6.45) is 4.57. The summed E-state index contributed by atoms with van der Waals surface area (Å²) >= 11 is 0. The lowest BCUT2D eigenvalue weighted by atomic mass is 9.88. The van der Waals surface area contributed by atoms with Crippen molar-refractivity contribution in [1.82, 2.24) is 9.88 Å². The molecule has 3 aromatic rings. The summed E-state index contributed by atoms with van der Waals surface area (Å²) in [4.78, 5) is 20.0. The van der Waals surface area contributed by atoms with Gasteiger partial charge in [-0.1, -0.05) is 36.3 Å². The molecule has 2 atom stereocenters. The number of nitrogens with zero attached hydrogens (tertiary/aromatic N) is 2. The Kier molecular flexibility index (Phi) is 6.10. The van der Waals surface area contributed by atoms with E-state index in [4.69, 9.17) is 9.47 Å². The zero-order chi connectivity index (χ0) is 22.6. The molecule has 0 spiro atoms. The van der Waals surface area contributed by atoms with E-state index >= 15 is 0 Å². The fourth-order valence-electron chi connectivity index (χ4n) is 4.75. The van der Waals surface area contributed by atoms with E-state index in [0.29, 0.717) is 29.1 Å². The summed E-state index contributed by atoms with van der Waals surface area (Å²) in [7, 11) is 1.61. The number of rotatable bonds is 3. The summed E-state index contributed by atoms with van der Waals surface area (Å²) in [5.41, 5.74) is 4.44. The van der Waals surface area contributed by atoms with E-state index in [1.807, 2.05) is 47.4 Å². The van der Waals surface area contributed by atoms with Crippen LogP contribution >= 0.6 is 0 Å². The third kappa shape index (κ3) is 4.35. The quantitative estimate of drug-likeness (QED) is 0.569. The Morgan fingerprint density at radius 2 is 2.00 bits per heavy atom. The second kappa shape index (κ2) is 9.48. The normalized spacial score (nSPS) is 19.4. The highest BCUT2D eigenvalue weighted by atomic mass is 16.5. The number of carbonyl (C=O) groups is 1. The Hall–Kier alpha value is -3.62. The number of fused-ring (bicyclic) bond motifs is 1. The van der Waals surface area contributed by atoms with Crippen LogP contribution in [0, 0.1) is 11.8 Å². The van der Waals surface area contributed by atoms with Crippen molar-refractivity contribution in [3.8, 4) is 17.6 Å². The first kappa shape index (κ1) is 21.2. The molecule has 0 radical (unpaired) electrons. The first-order valence-corrected chi connectivity index (χ1v) is 11.4. The van der Waals surface area contributed by atoms with Gasteiger partial charge in [0.2, 0.25) is 0 Å². The molecule has 0 bridgehead atoms. The lowest BCUT2D eigenvalue weighted by Crippen LogP contribution is -2.45. The number of hydrogen-bond acceptors (Lipinski definition) is 4. The van der Waals surface area contributed by atoms with E-state index in [2.05, 4.69) is 35.0 Å². The molecule has 2 aliphatic heterocycles. The summed E-state index contributed by atoms with van der Waals surface area (Å²) in [5.74, 6) is 6.82. The maximum absolute atomic E-state index is 13.8. The molecule has 2 aliphatic rings. The summed E-state index contributed by atoms with van der Waals surface area (Å²) < 4.78 is 11.6. The number of hydrogen-bond donors (Lipinski definition) is 0. The molecular weight excluding hydrogens is 412 g/mol. The summed E-state index contributed by atoms with van der Waals surface area (Å²) in [6.45, 7) is 1.42. The molecule has 5 rings (SSSR count). The SMILES string of the molecule is COc1ccc(C(=O)N2CCc3ccccc3[C@H]2C2CCCO2)cc1C#Cc1ccccn1. The van der Waals surface area contributed by atoms with Gasteiger partial charge in [-0.3, -0.25) is 4.79 Å². The maximum atomic E-state index is 13.8. The van der Waals surface area contributed by atoms with Gasteiger partial charge in [0.25, 0.3) is 5.91 Å². The Labute approximate surface area is 194 Å². The number of benzene rings is 2. The summed E-state index contributed by atoms with van der Waals surface area (Å²) in [5, 5.41) is 0.